The average molecular weight is 475 g/mol. The summed E-state index contributed by atoms with van der Waals surface area (Å²) in [7, 11) is 0. The van der Waals surface area contributed by atoms with Gasteiger partial charge in [-0.3, -0.25) is 4.99 Å². The summed E-state index contributed by atoms with van der Waals surface area (Å²) in [6.07, 6.45) is 1.32. The lowest BCUT2D eigenvalue weighted by atomic mass is 10.1. The number of halogens is 2. The summed E-state index contributed by atoms with van der Waals surface area (Å²) in [5.74, 6) is 2.09. The molecule has 0 unspecified atom stereocenters. The van der Waals surface area contributed by atoms with Gasteiger partial charge in [0.05, 0.1) is 6.54 Å². The fraction of sp³-hybridized carbons (Fsp3) is 0.500. The van der Waals surface area contributed by atoms with E-state index in [1.807, 2.05) is 26.8 Å². The number of aliphatic imine (C=N–C) groups is 1. The van der Waals surface area contributed by atoms with Crippen molar-refractivity contribution in [3.05, 3.63) is 47.4 Å². The van der Waals surface area contributed by atoms with Gasteiger partial charge in [0.2, 0.25) is 5.89 Å². The molecule has 1 aromatic heterocycles. The van der Waals surface area contributed by atoms with Gasteiger partial charge in [-0.15, -0.1) is 24.0 Å². The molecule has 0 bridgehead atoms. The lowest BCUT2D eigenvalue weighted by molar-refractivity contribution is 0.372. The van der Waals surface area contributed by atoms with E-state index in [0.717, 1.165) is 30.3 Å². The third-order valence-corrected chi connectivity index (χ3v) is 3.54. The van der Waals surface area contributed by atoms with Crippen LogP contribution in [0.3, 0.4) is 0 Å². The Morgan fingerprint density at radius 1 is 1.27 bits per heavy atom. The van der Waals surface area contributed by atoms with Crippen LogP contribution in [0.5, 0.6) is 0 Å². The highest BCUT2D eigenvalue weighted by Gasteiger charge is 2.09. The first-order chi connectivity index (χ1) is 12.1. The van der Waals surface area contributed by atoms with Crippen LogP contribution < -0.4 is 10.6 Å². The second-order valence-corrected chi connectivity index (χ2v) is 6.02. The molecule has 6 nitrogen and oxygen atoms in total. The average Bonchev–Trinajstić information content (AvgIpc) is 3.04. The topological polar surface area (TPSA) is 75.3 Å². The molecule has 0 radical (unpaired) electrons. The number of aromatic nitrogens is 2. The van der Waals surface area contributed by atoms with Crippen molar-refractivity contribution < 1.29 is 8.91 Å². The monoisotopic (exact) mass is 475 g/mol. The van der Waals surface area contributed by atoms with Crippen molar-refractivity contribution in [3.8, 4) is 0 Å². The molecule has 0 fully saturated rings. The Hall–Kier alpha value is -1.71. The Labute approximate surface area is 171 Å². The minimum absolute atomic E-state index is 0. The van der Waals surface area contributed by atoms with Crippen LogP contribution in [-0.4, -0.2) is 35.7 Å². The maximum absolute atomic E-state index is 13.2. The van der Waals surface area contributed by atoms with Crippen LogP contribution in [0.2, 0.25) is 0 Å². The largest absolute Gasteiger partial charge is 0.357 e. The quantitative estimate of drug-likeness (QED) is 0.348. The Morgan fingerprint density at radius 3 is 2.73 bits per heavy atom. The van der Waals surface area contributed by atoms with Crippen LogP contribution in [0, 0.1) is 5.82 Å². The molecule has 0 spiro atoms. The van der Waals surface area contributed by atoms with Crippen molar-refractivity contribution in [2.45, 2.75) is 39.5 Å². The molecule has 2 aromatic rings. The van der Waals surface area contributed by atoms with Crippen molar-refractivity contribution >= 4 is 29.9 Å². The highest BCUT2D eigenvalue weighted by molar-refractivity contribution is 14.0. The van der Waals surface area contributed by atoms with Crippen molar-refractivity contribution in [2.75, 3.05) is 19.6 Å². The van der Waals surface area contributed by atoms with Crippen molar-refractivity contribution in [1.82, 2.24) is 20.8 Å². The van der Waals surface area contributed by atoms with Crippen LogP contribution in [0.1, 0.15) is 44.0 Å². The predicted molar refractivity (Wildman–Crippen MR) is 112 cm³/mol. The smallest absolute Gasteiger partial charge is 0.228 e. The Kier molecular flexibility index (Phi) is 10.2. The third kappa shape index (κ3) is 7.67. The highest BCUT2D eigenvalue weighted by Crippen LogP contribution is 2.09. The molecule has 26 heavy (non-hydrogen) atoms. The van der Waals surface area contributed by atoms with Gasteiger partial charge in [0.1, 0.15) is 5.82 Å². The fourth-order valence-electron chi connectivity index (χ4n) is 2.23. The van der Waals surface area contributed by atoms with Crippen molar-refractivity contribution in [2.24, 2.45) is 4.99 Å². The number of hydrogen-bond donors (Lipinski definition) is 2. The van der Waals surface area contributed by atoms with E-state index in [2.05, 4.69) is 25.8 Å². The highest BCUT2D eigenvalue weighted by atomic mass is 127. The molecule has 0 aliphatic heterocycles. The molecule has 0 amide bonds. The zero-order chi connectivity index (χ0) is 18.1. The molecule has 8 heteroatoms. The maximum Gasteiger partial charge on any atom is 0.228 e. The van der Waals surface area contributed by atoms with E-state index in [9.17, 15) is 4.39 Å². The zero-order valence-corrected chi connectivity index (χ0v) is 17.8. The summed E-state index contributed by atoms with van der Waals surface area (Å²) in [4.78, 5) is 8.84. The first kappa shape index (κ1) is 22.3. The minimum Gasteiger partial charge on any atom is -0.357 e. The molecule has 144 valence electrons. The fourth-order valence-corrected chi connectivity index (χ4v) is 2.23. The molecule has 1 heterocycles. The molecule has 1 aromatic carbocycles. The molecule has 2 rings (SSSR count). The second-order valence-electron chi connectivity index (χ2n) is 6.02. The lowest BCUT2D eigenvalue weighted by Crippen LogP contribution is -2.38. The molecule has 0 saturated carbocycles. The summed E-state index contributed by atoms with van der Waals surface area (Å²) in [6.45, 7) is 8.06. The maximum atomic E-state index is 13.2. The summed E-state index contributed by atoms with van der Waals surface area (Å²) >= 11 is 0. The van der Waals surface area contributed by atoms with Gasteiger partial charge in [-0.1, -0.05) is 31.1 Å². The SMILES string of the molecule is CCNC(=NCCc1nc(C(C)C)no1)NCCc1cccc(F)c1.I. The molecule has 0 atom stereocenters. The van der Waals surface area contributed by atoms with Crippen LogP contribution in [0.25, 0.3) is 0 Å². The normalized spacial score (nSPS) is 11.3. The van der Waals surface area contributed by atoms with Gasteiger partial charge in [0.25, 0.3) is 0 Å². The number of rotatable bonds is 8. The molecule has 0 aliphatic rings. The molecule has 0 saturated heterocycles. The summed E-state index contributed by atoms with van der Waals surface area (Å²) in [6, 6.07) is 6.63. The van der Waals surface area contributed by atoms with Gasteiger partial charge >= 0.3 is 0 Å². The minimum atomic E-state index is -0.210. The Balaban J connectivity index is 0.00000338. The van der Waals surface area contributed by atoms with E-state index in [4.69, 9.17) is 4.52 Å². The van der Waals surface area contributed by atoms with Crippen LogP contribution in [-0.2, 0) is 12.8 Å². The lowest BCUT2D eigenvalue weighted by Gasteiger charge is -2.11. The number of guanidine groups is 1. The summed E-state index contributed by atoms with van der Waals surface area (Å²) < 4.78 is 18.4. The van der Waals surface area contributed by atoms with Gasteiger partial charge < -0.3 is 15.2 Å². The first-order valence-electron chi connectivity index (χ1n) is 8.67. The van der Waals surface area contributed by atoms with E-state index in [0.29, 0.717) is 25.4 Å². The molecule has 0 aliphatic carbocycles. The summed E-state index contributed by atoms with van der Waals surface area (Å²) in [5.41, 5.74) is 0.954. The first-order valence-corrected chi connectivity index (χ1v) is 8.67. The number of benzene rings is 1. The van der Waals surface area contributed by atoms with Gasteiger partial charge in [0, 0.05) is 25.4 Å². The van der Waals surface area contributed by atoms with E-state index >= 15 is 0 Å². The summed E-state index contributed by atoms with van der Waals surface area (Å²) in [5, 5.41) is 10.4. The molecular weight excluding hydrogens is 448 g/mol. The second kappa shape index (κ2) is 11.8. The van der Waals surface area contributed by atoms with Gasteiger partial charge in [-0.2, -0.15) is 4.98 Å². The standard InChI is InChI=1S/C18H26FN5O.HI/c1-4-20-18(21-10-8-14-6-5-7-15(19)12-14)22-11-9-16-23-17(13(2)3)24-25-16;/h5-7,12-13H,4,8-11H2,1-3H3,(H2,20,21,22);1H. The van der Waals surface area contributed by atoms with Gasteiger partial charge in [0.15, 0.2) is 11.8 Å². The Bertz CT molecular complexity index is 690. The van der Waals surface area contributed by atoms with Crippen LogP contribution in [0.15, 0.2) is 33.8 Å². The predicted octanol–water partition coefficient (Wildman–Crippen LogP) is 3.29. The third-order valence-electron chi connectivity index (χ3n) is 3.54. The van der Waals surface area contributed by atoms with Crippen molar-refractivity contribution in [1.29, 1.82) is 0 Å². The van der Waals surface area contributed by atoms with Crippen molar-refractivity contribution in [3.63, 3.8) is 0 Å². The van der Waals surface area contributed by atoms with E-state index in [1.54, 1.807) is 12.1 Å². The van der Waals surface area contributed by atoms with E-state index < -0.39 is 0 Å². The number of nitrogens with one attached hydrogen (secondary N) is 2. The number of nitrogens with zero attached hydrogens (tertiary/aromatic N) is 3. The van der Waals surface area contributed by atoms with Crippen LogP contribution >= 0.6 is 24.0 Å². The van der Waals surface area contributed by atoms with Crippen LogP contribution in [0.4, 0.5) is 4.39 Å². The Morgan fingerprint density at radius 2 is 2.08 bits per heavy atom. The molecular formula is C18H27FIN5O. The van der Waals surface area contributed by atoms with Gasteiger partial charge in [-0.05, 0) is 31.0 Å². The zero-order valence-electron chi connectivity index (χ0n) is 15.5. The van der Waals surface area contributed by atoms with E-state index in [1.165, 1.54) is 6.07 Å². The van der Waals surface area contributed by atoms with Gasteiger partial charge in [-0.25, -0.2) is 4.39 Å². The molecule has 2 N–H and O–H groups in total. The van der Waals surface area contributed by atoms with E-state index in [-0.39, 0.29) is 35.7 Å². The number of hydrogen-bond acceptors (Lipinski definition) is 4.